The number of hydrogen-bond donors (Lipinski definition) is 1. The lowest BCUT2D eigenvalue weighted by atomic mass is 10.2. The molecule has 2 aromatic rings. The van der Waals surface area contributed by atoms with Gasteiger partial charge in [-0.3, -0.25) is 4.79 Å². The van der Waals surface area contributed by atoms with Gasteiger partial charge in [0.15, 0.2) is 0 Å². The van der Waals surface area contributed by atoms with Crippen molar-refractivity contribution in [3.05, 3.63) is 54.2 Å². The lowest BCUT2D eigenvalue weighted by molar-refractivity contribution is 0.0768. The van der Waals surface area contributed by atoms with E-state index in [9.17, 15) is 9.90 Å². The number of carbonyl (C=O) groups is 1. The number of rotatable bonds is 6. The van der Waals surface area contributed by atoms with Crippen LogP contribution in [0.2, 0.25) is 0 Å². The summed E-state index contributed by atoms with van der Waals surface area (Å²) in [5.74, 6) is 1.01. The smallest absolute Gasteiger partial charge is 0.255 e. The third kappa shape index (κ3) is 4.56. The van der Waals surface area contributed by atoms with E-state index in [0.29, 0.717) is 30.2 Å². The maximum absolute atomic E-state index is 12.2. The summed E-state index contributed by atoms with van der Waals surface area (Å²) in [6, 6.07) is 12.7. The molecule has 2 rings (SSSR count). The Labute approximate surface area is 130 Å². The molecule has 1 unspecified atom stereocenters. The molecule has 0 saturated heterocycles. The average Bonchev–Trinajstić information content (AvgIpc) is 2.53. The Morgan fingerprint density at radius 1 is 1.27 bits per heavy atom. The van der Waals surface area contributed by atoms with Gasteiger partial charge in [0, 0.05) is 25.9 Å². The number of aliphatic hydroxyl groups excluding tert-OH is 1. The Bertz CT molecular complexity index is 597. The maximum atomic E-state index is 12.2. The van der Waals surface area contributed by atoms with Crippen LogP contribution in [0.3, 0.4) is 0 Å². The molecule has 0 aliphatic rings. The van der Waals surface area contributed by atoms with Crippen LogP contribution in [0.25, 0.3) is 0 Å². The largest absolute Gasteiger partial charge is 0.439 e. The molecule has 1 aromatic carbocycles. The van der Waals surface area contributed by atoms with Crippen molar-refractivity contribution in [2.24, 2.45) is 0 Å². The number of pyridine rings is 1. The van der Waals surface area contributed by atoms with Gasteiger partial charge in [0.1, 0.15) is 5.75 Å². The Kier molecular flexibility index (Phi) is 5.49. The Balaban J connectivity index is 1.97. The second-order valence-electron chi connectivity index (χ2n) is 5.16. The third-order valence-electron chi connectivity index (χ3n) is 3.18. The number of ether oxygens (including phenoxy) is 1. The fraction of sp³-hybridized carbons (Fsp3) is 0.294. The highest BCUT2D eigenvalue weighted by molar-refractivity contribution is 5.93. The number of aliphatic hydroxyl groups is 1. The zero-order valence-corrected chi connectivity index (χ0v) is 12.8. The Morgan fingerprint density at radius 2 is 2.00 bits per heavy atom. The normalized spacial score (nSPS) is 11.8. The number of nitrogens with zero attached hydrogens (tertiary/aromatic N) is 2. The lowest BCUT2D eigenvalue weighted by Gasteiger charge is -2.18. The summed E-state index contributed by atoms with van der Waals surface area (Å²) in [4.78, 5) is 17.9. The molecule has 0 radical (unpaired) electrons. The van der Waals surface area contributed by atoms with E-state index in [1.807, 2.05) is 30.3 Å². The van der Waals surface area contributed by atoms with Crippen LogP contribution in [0.4, 0.5) is 0 Å². The molecule has 22 heavy (non-hydrogen) atoms. The van der Waals surface area contributed by atoms with Gasteiger partial charge in [0.05, 0.1) is 11.7 Å². The van der Waals surface area contributed by atoms with Gasteiger partial charge in [0.2, 0.25) is 5.88 Å². The predicted molar refractivity (Wildman–Crippen MR) is 84.0 cm³/mol. The molecule has 0 aliphatic heterocycles. The van der Waals surface area contributed by atoms with E-state index in [1.54, 1.807) is 31.0 Å². The standard InChI is InChI=1S/C17H20N2O3/c1-13(20)10-11-19(2)17(21)14-8-9-16(18-12-14)22-15-6-4-3-5-7-15/h3-9,12-13,20H,10-11H2,1-2H3. The van der Waals surface area contributed by atoms with Crippen molar-refractivity contribution in [1.82, 2.24) is 9.88 Å². The van der Waals surface area contributed by atoms with Crippen LogP contribution < -0.4 is 4.74 Å². The molecule has 0 aliphatic carbocycles. The minimum atomic E-state index is -0.421. The van der Waals surface area contributed by atoms with E-state index < -0.39 is 6.10 Å². The summed E-state index contributed by atoms with van der Waals surface area (Å²) in [7, 11) is 1.71. The molecule has 0 fully saturated rings. The number of aromatic nitrogens is 1. The number of benzene rings is 1. The first-order valence-corrected chi connectivity index (χ1v) is 7.19. The van der Waals surface area contributed by atoms with Crippen LogP contribution in [0.5, 0.6) is 11.6 Å². The lowest BCUT2D eigenvalue weighted by Crippen LogP contribution is -2.29. The maximum Gasteiger partial charge on any atom is 0.255 e. The monoisotopic (exact) mass is 300 g/mol. The minimum Gasteiger partial charge on any atom is -0.439 e. The number of hydrogen-bond acceptors (Lipinski definition) is 4. The molecule has 5 heteroatoms. The van der Waals surface area contributed by atoms with Crippen molar-refractivity contribution in [2.75, 3.05) is 13.6 Å². The Morgan fingerprint density at radius 3 is 2.59 bits per heavy atom. The van der Waals surface area contributed by atoms with Crippen LogP contribution in [0.15, 0.2) is 48.7 Å². The van der Waals surface area contributed by atoms with E-state index >= 15 is 0 Å². The summed E-state index contributed by atoms with van der Waals surface area (Å²) in [5, 5.41) is 9.26. The molecule has 1 amide bonds. The van der Waals surface area contributed by atoms with Crippen molar-refractivity contribution in [3.63, 3.8) is 0 Å². The summed E-state index contributed by atoms with van der Waals surface area (Å²) in [6.07, 6.45) is 1.62. The highest BCUT2D eigenvalue weighted by Crippen LogP contribution is 2.18. The molecular formula is C17H20N2O3. The molecule has 0 spiro atoms. The van der Waals surface area contributed by atoms with Crippen molar-refractivity contribution >= 4 is 5.91 Å². The highest BCUT2D eigenvalue weighted by Gasteiger charge is 2.13. The van der Waals surface area contributed by atoms with Gasteiger partial charge in [-0.15, -0.1) is 0 Å². The number of para-hydroxylation sites is 1. The van der Waals surface area contributed by atoms with Gasteiger partial charge in [-0.25, -0.2) is 4.98 Å². The second-order valence-corrected chi connectivity index (χ2v) is 5.16. The average molecular weight is 300 g/mol. The zero-order chi connectivity index (χ0) is 15.9. The van der Waals surface area contributed by atoms with Crippen molar-refractivity contribution in [3.8, 4) is 11.6 Å². The number of amides is 1. The van der Waals surface area contributed by atoms with E-state index in [2.05, 4.69) is 4.98 Å². The summed E-state index contributed by atoms with van der Waals surface area (Å²) < 4.78 is 5.58. The van der Waals surface area contributed by atoms with E-state index in [1.165, 1.54) is 6.20 Å². The quantitative estimate of drug-likeness (QED) is 0.891. The second kappa shape index (κ2) is 7.56. The third-order valence-corrected chi connectivity index (χ3v) is 3.18. The van der Waals surface area contributed by atoms with Crippen LogP contribution in [0.1, 0.15) is 23.7 Å². The highest BCUT2D eigenvalue weighted by atomic mass is 16.5. The fourth-order valence-corrected chi connectivity index (χ4v) is 1.88. The van der Waals surface area contributed by atoms with E-state index in [0.717, 1.165) is 0 Å². The number of carbonyl (C=O) groups excluding carboxylic acids is 1. The van der Waals surface area contributed by atoms with Crippen molar-refractivity contribution < 1.29 is 14.6 Å². The van der Waals surface area contributed by atoms with Gasteiger partial charge < -0.3 is 14.7 Å². The summed E-state index contributed by atoms with van der Waals surface area (Å²) in [5.41, 5.74) is 0.494. The molecule has 5 nitrogen and oxygen atoms in total. The van der Waals surface area contributed by atoms with Crippen LogP contribution in [-0.2, 0) is 0 Å². The van der Waals surface area contributed by atoms with Crippen LogP contribution in [0, 0.1) is 0 Å². The molecule has 1 heterocycles. The molecule has 116 valence electrons. The summed E-state index contributed by atoms with van der Waals surface area (Å²) >= 11 is 0. The molecule has 1 aromatic heterocycles. The van der Waals surface area contributed by atoms with Crippen molar-refractivity contribution in [1.29, 1.82) is 0 Å². The van der Waals surface area contributed by atoms with Gasteiger partial charge >= 0.3 is 0 Å². The van der Waals surface area contributed by atoms with Crippen molar-refractivity contribution in [2.45, 2.75) is 19.4 Å². The first kappa shape index (κ1) is 16.0. The first-order chi connectivity index (χ1) is 10.6. The van der Waals surface area contributed by atoms with Gasteiger partial charge in [-0.2, -0.15) is 0 Å². The molecule has 0 saturated carbocycles. The molecule has 0 bridgehead atoms. The van der Waals surface area contributed by atoms with Crippen LogP contribution >= 0.6 is 0 Å². The first-order valence-electron chi connectivity index (χ1n) is 7.19. The van der Waals surface area contributed by atoms with Crippen LogP contribution in [-0.4, -0.2) is 40.6 Å². The Hall–Kier alpha value is -2.40. The van der Waals surface area contributed by atoms with E-state index in [-0.39, 0.29) is 5.91 Å². The topological polar surface area (TPSA) is 62.7 Å². The van der Waals surface area contributed by atoms with Gasteiger partial charge in [-0.05, 0) is 31.5 Å². The summed E-state index contributed by atoms with van der Waals surface area (Å²) in [6.45, 7) is 2.20. The minimum absolute atomic E-state index is 0.126. The van der Waals surface area contributed by atoms with Gasteiger partial charge in [-0.1, -0.05) is 18.2 Å². The van der Waals surface area contributed by atoms with E-state index in [4.69, 9.17) is 4.74 Å². The zero-order valence-electron chi connectivity index (χ0n) is 12.8. The fourth-order valence-electron chi connectivity index (χ4n) is 1.88. The van der Waals surface area contributed by atoms with Gasteiger partial charge in [0.25, 0.3) is 5.91 Å². The SMILES string of the molecule is CC(O)CCN(C)C(=O)c1ccc(Oc2ccccc2)nc1. The molecule has 1 N–H and O–H groups in total. The molecule has 1 atom stereocenters. The predicted octanol–water partition coefficient (Wildman–Crippen LogP) is 2.72. The molecular weight excluding hydrogens is 280 g/mol.